The lowest BCUT2D eigenvalue weighted by Gasteiger charge is -2.06. The zero-order valence-electron chi connectivity index (χ0n) is 10.1. The maximum Gasteiger partial charge on any atom is 0.0873 e. The summed E-state index contributed by atoms with van der Waals surface area (Å²) >= 11 is 0. The Kier molecular flexibility index (Phi) is 3.19. The smallest absolute Gasteiger partial charge is 0.0873 e. The maximum absolute atomic E-state index is 4.55. The summed E-state index contributed by atoms with van der Waals surface area (Å²) in [6, 6.07) is 10.2. The van der Waals surface area contributed by atoms with Gasteiger partial charge in [-0.15, -0.1) is 0 Å². The molecule has 0 aliphatic carbocycles. The molecule has 0 amide bonds. The fourth-order valence-electron chi connectivity index (χ4n) is 1.79. The first-order valence-corrected chi connectivity index (χ1v) is 5.50. The van der Waals surface area contributed by atoms with E-state index in [-0.39, 0.29) is 0 Å². The lowest BCUT2D eigenvalue weighted by atomic mass is 10.1. The zero-order valence-corrected chi connectivity index (χ0v) is 10.1. The van der Waals surface area contributed by atoms with Crippen molar-refractivity contribution in [3.8, 4) is 0 Å². The molecule has 1 aromatic carbocycles. The fourth-order valence-corrected chi connectivity index (χ4v) is 1.79. The van der Waals surface area contributed by atoms with E-state index in [9.17, 15) is 0 Å². The number of benzene rings is 1. The minimum atomic E-state index is 0.862. The van der Waals surface area contributed by atoms with Crippen LogP contribution in [0.5, 0.6) is 0 Å². The van der Waals surface area contributed by atoms with Gasteiger partial charge in [0.25, 0.3) is 0 Å². The lowest BCUT2D eigenvalue weighted by Crippen LogP contribution is -2.06. The van der Waals surface area contributed by atoms with Crippen LogP contribution in [0.3, 0.4) is 0 Å². The Bertz CT molecular complexity index is 585. The Labute approximate surface area is 101 Å². The van der Waals surface area contributed by atoms with Crippen LogP contribution in [0, 0.1) is 0 Å². The summed E-state index contributed by atoms with van der Waals surface area (Å²) in [6.07, 6.45) is 1.78. The number of hydrogen-bond acceptors (Lipinski definition) is 3. The van der Waals surface area contributed by atoms with E-state index in [1.807, 2.05) is 31.2 Å². The summed E-state index contributed by atoms with van der Waals surface area (Å²) in [5.41, 5.74) is 5.40. The van der Waals surface area contributed by atoms with E-state index < -0.39 is 0 Å². The zero-order chi connectivity index (χ0) is 12.3. The van der Waals surface area contributed by atoms with Crippen molar-refractivity contribution in [3.63, 3.8) is 0 Å². The summed E-state index contributed by atoms with van der Waals surface area (Å²) in [5, 5.41) is 6.41. The number of nitrogens with zero attached hydrogens (tertiary/aromatic N) is 2. The molecule has 0 unspecified atom stereocenters. The molecule has 0 aliphatic heterocycles. The maximum atomic E-state index is 4.55. The highest BCUT2D eigenvalue weighted by Crippen LogP contribution is 2.19. The molecule has 0 saturated heterocycles. The Morgan fingerprint density at radius 3 is 2.88 bits per heavy atom. The molecule has 3 nitrogen and oxygen atoms in total. The molecule has 1 aromatic heterocycles. The minimum Gasteiger partial charge on any atom is -0.313 e. The van der Waals surface area contributed by atoms with Crippen LogP contribution in [0.4, 0.5) is 0 Å². The normalized spacial score (nSPS) is 11.5. The molecule has 0 aliphatic rings. The topological polar surface area (TPSA) is 37.3 Å². The van der Waals surface area contributed by atoms with E-state index >= 15 is 0 Å². The molecule has 2 aromatic rings. The molecule has 1 heterocycles. The first kappa shape index (κ1) is 11.3. The fraction of sp³-hybridized carbons (Fsp3) is 0.143. The summed E-state index contributed by atoms with van der Waals surface area (Å²) in [6.45, 7) is 5.74. The number of fused-ring (bicyclic) bond motifs is 1. The van der Waals surface area contributed by atoms with Gasteiger partial charge in [-0.1, -0.05) is 30.8 Å². The van der Waals surface area contributed by atoms with E-state index in [1.165, 1.54) is 0 Å². The van der Waals surface area contributed by atoms with E-state index in [4.69, 9.17) is 0 Å². The van der Waals surface area contributed by atoms with Crippen molar-refractivity contribution in [1.29, 1.82) is 0 Å². The highest BCUT2D eigenvalue weighted by atomic mass is 15.3. The predicted molar refractivity (Wildman–Crippen MR) is 73.1 cm³/mol. The molecule has 0 atom stereocenters. The third-order valence-electron chi connectivity index (χ3n) is 2.61. The van der Waals surface area contributed by atoms with Crippen LogP contribution in [0.2, 0.25) is 0 Å². The second-order valence-corrected chi connectivity index (χ2v) is 3.74. The average molecular weight is 225 g/mol. The van der Waals surface area contributed by atoms with Gasteiger partial charge in [-0.05, 0) is 24.5 Å². The van der Waals surface area contributed by atoms with Gasteiger partial charge in [-0.2, -0.15) is 5.10 Å². The van der Waals surface area contributed by atoms with Crippen LogP contribution >= 0.6 is 0 Å². The van der Waals surface area contributed by atoms with Crippen LogP contribution in [-0.2, 0) is 0 Å². The van der Waals surface area contributed by atoms with E-state index in [0.717, 1.165) is 27.9 Å². The summed E-state index contributed by atoms with van der Waals surface area (Å²) in [4.78, 5) is 4.55. The van der Waals surface area contributed by atoms with E-state index in [0.29, 0.717) is 0 Å². The number of nitrogens with one attached hydrogen (secondary N) is 1. The Balaban J connectivity index is 2.68. The quantitative estimate of drug-likeness (QED) is 0.644. The van der Waals surface area contributed by atoms with Crippen molar-refractivity contribution in [1.82, 2.24) is 10.4 Å². The summed E-state index contributed by atoms with van der Waals surface area (Å²) < 4.78 is 0. The SMILES string of the molecule is C=Cc1nc(/C(C)=N/NC)cc2ccccc12. The second kappa shape index (κ2) is 4.78. The number of hydrazone groups is 1. The van der Waals surface area contributed by atoms with Crippen molar-refractivity contribution in [2.45, 2.75) is 6.92 Å². The van der Waals surface area contributed by atoms with Crippen molar-refractivity contribution >= 4 is 22.6 Å². The number of rotatable bonds is 3. The van der Waals surface area contributed by atoms with Crippen LogP contribution < -0.4 is 5.43 Å². The second-order valence-electron chi connectivity index (χ2n) is 3.74. The van der Waals surface area contributed by atoms with E-state index in [1.54, 1.807) is 13.1 Å². The predicted octanol–water partition coefficient (Wildman–Crippen LogP) is 2.82. The number of aromatic nitrogens is 1. The average Bonchev–Trinajstić information content (AvgIpc) is 2.37. The molecule has 0 bridgehead atoms. The molecule has 3 heteroatoms. The Morgan fingerprint density at radius 1 is 1.41 bits per heavy atom. The van der Waals surface area contributed by atoms with Crippen LogP contribution in [-0.4, -0.2) is 17.7 Å². The molecule has 0 radical (unpaired) electrons. The van der Waals surface area contributed by atoms with Gasteiger partial charge in [0.15, 0.2) is 0 Å². The van der Waals surface area contributed by atoms with Gasteiger partial charge in [0, 0.05) is 12.4 Å². The number of hydrogen-bond donors (Lipinski definition) is 1. The Morgan fingerprint density at radius 2 is 2.18 bits per heavy atom. The van der Waals surface area contributed by atoms with Gasteiger partial charge in [-0.3, -0.25) is 0 Å². The van der Waals surface area contributed by atoms with Crippen LogP contribution in [0.15, 0.2) is 42.0 Å². The minimum absolute atomic E-state index is 0.862. The molecular weight excluding hydrogens is 210 g/mol. The largest absolute Gasteiger partial charge is 0.313 e. The monoisotopic (exact) mass is 225 g/mol. The van der Waals surface area contributed by atoms with Gasteiger partial charge in [-0.25, -0.2) is 4.98 Å². The molecular formula is C14H15N3. The molecule has 1 N–H and O–H groups in total. The first-order chi connectivity index (χ1) is 8.26. The van der Waals surface area contributed by atoms with Crippen molar-refractivity contribution < 1.29 is 0 Å². The Hall–Kier alpha value is -2.16. The number of pyridine rings is 1. The molecule has 0 spiro atoms. The molecule has 17 heavy (non-hydrogen) atoms. The standard InChI is InChI=1S/C14H15N3/c1-4-13-12-8-6-5-7-11(12)9-14(16-13)10(2)17-15-3/h4-9,15H,1H2,2-3H3/b17-10+. The van der Waals surface area contributed by atoms with Crippen molar-refractivity contribution in [3.05, 3.63) is 48.3 Å². The van der Waals surface area contributed by atoms with Gasteiger partial charge in [0.2, 0.25) is 0 Å². The lowest BCUT2D eigenvalue weighted by molar-refractivity contribution is 0.898. The molecule has 2 rings (SSSR count). The van der Waals surface area contributed by atoms with Crippen LogP contribution in [0.25, 0.3) is 16.8 Å². The van der Waals surface area contributed by atoms with Crippen molar-refractivity contribution in [2.24, 2.45) is 5.10 Å². The third-order valence-corrected chi connectivity index (χ3v) is 2.61. The first-order valence-electron chi connectivity index (χ1n) is 5.50. The van der Waals surface area contributed by atoms with Gasteiger partial charge in [0.05, 0.1) is 17.1 Å². The van der Waals surface area contributed by atoms with Gasteiger partial charge in [0.1, 0.15) is 0 Å². The third kappa shape index (κ3) is 2.18. The van der Waals surface area contributed by atoms with E-state index in [2.05, 4.69) is 28.2 Å². The van der Waals surface area contributed by atoms with Gasteiger partial charge < -0.3 is 5.43 Å². The van der Waals surface area contributed by atoms with Gasteiger partial charge >= 0.3 is 0 Å². The summed E-state index contributed by atoms with van der Waals surface area (Å²) in [7, 11) is 1.78. The highest BCUT2D eigenvalue weighted by Gasteiger charge is 2.05. The summed E-state index contributed by atoms with van der Waals surface area (Å²) in [5.74, 6) is 0. The molecule has 0 saturated carbocycles. The van der Waals surface area contributed by atoms with Crippen molar-refractivity contribution in [2.75, 3.05) is 7.05 Å². The highest BCUT2D eigenvalue weighted by molar-refractivity contribution is 6.01. The molecule has 86 valence electrons. The van der Waals surface area contributed by atoms with Crippen LogP contribution in [0.1, 0.15) is 18.3 Å². The molecule has 0 fully saturated rings.